The van der Waals surface area contributed by atoms with E-state index >= 15 is 0 Å². The number of amides is 1. The van der Waals surface area contributed by atoms with Crippen molar-refractivity contribution < 1.29 is 31.1 Å². The van der Waals surface area contributed by atoms with Gasteiger partial charge in [0.25, 0.3) is 0 Å². The smallest absolute Gasteiger partial charge is 0.416 e. The molecule has 10 heteroatoms. The first-order chi connectivity index (χ1) is 16.8. The lowest BCUT2D eigenvalue weighted by Gasteiger charge is -2.33. The molecule has 4 rings (SSSR count). The second-order valence-electron chi connectivity index (χ2n) is 9.86. The lowest BCUT2D eigenvalue weighted by Crippen LogP contribution is -2.41. The zero-order valence-electron chi connectivity index (χ0n) is 20.2. The number of hydrogen-bond acceptors (Lipinski definition) is 5. The van der Waals surface area contributed by atoms with Crippen molar-refractivity contribution in [2.45, 2.75) is 61.1 Å². The summed E-state index contributed by atoms with van der Waals surface area (Å²) in [5, 5.41) is 0.579. The number of para-hydroxylation sites is 1. The van der Waals surface area contributed by atoms with Crippen molar-refractivity contribution >= 4 is 26.8 Å². The number of aromatic nitrogens is 1. The third-order valence-corrected chi connectivity index (χ3v) is 7.80. The lowest BCUT2D eigenvalue weighted by molar-refractivity contribution is -0.137. The van der Waals surface area contributed by atoms with Crippen LogP contribution in [-0.2, 0) is 20.8 Å². The summed E-state index contributed by atoms with van der Waals surface area (Å²) < 4.78 is 70.9. The summed E-state index contributed by atoms with van der Waals surface area (Å²) in [6, 6.07) is 10.6. The molecule has 0 aliphatic carbocycles. The zero-order valence-corrected chi connectivity index (χ0v) is 21.0. The Morgan fingerprint density at radius 1 is 1.00 bits per heavy atom. The van der Waals surface area contributed by atoms with E-state index < -0.39 is 32.1 Å². The maximum atomic E-state index is 13.1. The summed E-state index contributed by atoms with van der Waals surface area (Å²) in [6.45, 7) is 6.51. The molecule has 6 nitrogen and oxygen atoms in total. The van der Waals surface area contributed by atoms with Crippen molar-refractivity contribution in [1.82, 2.24) is 9.88 Å². The number of nitrogens with zero attached hydrogens (tertiary/aromatic N) is 2. The quantitative estimate of drug-likeness (QED) is 0.411. The van der Waals surface area contributed by atoms with Crippen LogP contribution in [0.3, 0.4) is 0 Å². The Hall–Kier alpha value is -3.14. The van der Waals surface area contributed by atoms with Crippen LogP contribution in [0.4, 0.5) is 18.0 Å². The molecule has 1 aliphatic heterocycles. The number of rotatable bonds is 3. The summed E-state index contributed by atoms with van der Waals surface area (Å²) in [6.07, 6.45) is -2.41. The molecule has 1 aromatic heterocycles. The number of likely N-dealkylation sites (tertiary alicyclic amines) is 1. The van der Waals surface area contributed by atoms with Gasteiger partial charge in [0.15, 0.2) is 0 Å². The maximum absolute atomic E-state index is 13.1. The van der Waals surface area contributed by atoms with Crippen molar-refractivity contribution in [3.8, 4) is 0 Å². The van der Waals surface area contributed by atoms with Gasteiger partial charge in [0.1, 0.15) is 5.60 Å². The molecule has 0 atom stereocenters. The van der Waals surface area contributed by atoms with E-state index in [1.807, 2.05) is 26.8 Å². The fourth-order valence-corrected chi connectivity index (χ4v) is 5.60. The summed E-state index contributed by atoms with van der Waals surface area (Å²) in [7, 11) is -4.20. The molecule has 0 saturated carbocycles. The largest absolute Gasteiger partial charge is 0.444 e. The van der Waals surface area contributed by atoms with Crippen molar-refractivity contribution in [2.75, 3.05) is 13.1 Å². The van der Waals surface area contributed by atoms with Gasteiger partial charge in [-0.05, 0) is 69.4 Å². The highest BCUT2D eigenvalue weighted by Gasteiger charge is 2.32. The normalized spacial score (nSPS) is 15.8. The SMILES string of the molecule is CC(C)(C)OC(=O)N1CCC(c2cccc3cc(S(=O)(=O)c4cccc(C(F)(F)F)c4)cnc23)CC1. The standard InChI is InChI=1S/C26H27F3N2O4S/c1-25(2,3)35-24(32)31-12-10-17(11-13-31)22-9-4-6-18-14-21(16-30-23(18)22)36(33,34)20-8-5-7-19(15-20)26(27,28)29/h4-9,14-17H,10-13H2,1-3H3. The van der Waals surface area contributed by atoms with Gasteiger partial charge >= 0.3 is 12.3 Å². The molecule has 36 heavy (non-hydrogen) atoms. The van der Waals surface area contributed by atoms with E-state index in [-0.39, 0.29) is 16.9 Å². The van der Waals surface area contributed by atoms with Gasteiger partial charge in [-0.3, -0.25) is 4.98 Å². The van der Waals surface area contributed by atoms with Crippen LogP contribution in [0.2, 0.25) is 0 Å². The first-order valence-corrected chi connectivity index (χ1v) is 13.0. The third kappa shape index (κ3) is 5.48. The van der Waals surface area contributed by atoms with Gasteiger partial charge in [-0.2, -0.15) is 13.2 Å². The van der Waals surface area contributed by atoms with E-state index in [1.165, 1.54) is 12.3 Å². The number of fused-ring (bicyclic) bond motifs is 1. The summed E-state index contributed by atoms with van der Waals surface area (Å²) in [5.41, 5.74) is -0.0209. The molecule has 192 valence electrons. The number of piperidine rings is 1. The van der Waals surface area contributed by atoms with Gasteiger partial charge in [0, 0.05) is 24.7 Å². The van der Waals surface area contributed by atoms with Crippen LogP contribution in [-0.4, -0.2) is 43.1 Å². The Labute approximate surface area is 208 Å². The highest BCUT2D eigenvalue weighted by atomic mass is 32.2. The molecular weight excluding hydrogens is 493 g/mol. The van der Waals surface area contributed by atoms with Gasteiger partial charge < -0.3 is 9.64 Å². The van der Waals surface area contributed by atoms with Crippen molar-refractivity contribution in [3.05, 3.63) is 65.9 Å². The minimum absolute atomic E-state index is 0.116. The number of halogens is 3. The van der Waals surface area contributed by atoms with Crippen LogP contribution in [0, 0.1) is 0 Å². The number of carbonyl (C=O) groups excluding carboxylic acids is 1. The molecule has 2 heterocycles. The van der Waals surface area contributed by atoms with Crippen molar-refractivity contribution in [3.63, 3.8) is 0 Å². The molecule has 0 unspecified atom stereocenters. The molecule has 0 spiro atoms. The number of ether oxygens (including phenoxy) is 1. The topological polar surface area (TPSA) is 76.6 Å². The molecule has 3 aromatic rings. The second kappa shape index (κ2) is 9.38. The van der Waals surface area contributed by atoms with Crippen LogP contribution >= 0.6 is 0 Å². The van der Waals surface area contributed by atoms with Gasteiger partial charge in [0.2, 0.25) is 9.84 Å². The van der Waals surface area contributed by atoms with E-state index in [9.17, 15) is 26.4 Å². The average molecular weight is 521 g/mol. The lowest BCUT2D eigenvalue weighted by atomic mass is 9.88. The molecule has 0 N–H and O–H groups in total. The monoisotopic (exact) mass is 520 g/mol. The third-order valence-electron chi connectivity index (χ3n) is 6.09. The molecular formula is C26H27F3N2O4S. The number of benzene rings is 2. The highest BCUT2D eigenvalue weighted by Crippen LogP contribution is 2.35. The Balaban J connectivity index is 1.58. The molecule has 1 aliphatic rings. The van der Waals surface area contributed by atoms with E-state index in [4.69, 9.17) is 4.74 Å². The Bertz CT molecular complexity index is 1390. The number of carbonyl (C=O) groups is 1. The second-order valence-corrected chi connectivity index (χ2v) is 11.8. The summed E-state index contributed by atoms with van der Waals surface area (Å²) in [5.74, 6) is 0.116. The Morgan fingerprint density at radius 2 is 1.67 bits per heavy atom. The van der Waals surface area contributed by atoms with Crippen LogP contribution in [0.5, 0.6) is 0 Å². The molecule has 0 radical (unpaired) electrons. The van der Waals surface area contributed by atoms with Crippen LogP contribution in [0.15, 0.2) is 64.5 Å². The van der Waals surface area contributed by atoms with E-state index in [0.717, 1.165) is 23.8 Å². The summed E-state index contributed by atoms with van der Waals surface area (Å²) >= 11 is 0. The minimum atomic E-state index is -4.65. The van der Waals surface area contributed by atoms with Crippen LogP contribution in [0.1, 0.15) is 50.7 Å². The highest BCUT2D eigenvalue weighted by molar-refractivity contribution is 7.91. The number of pyridine rings is 1. The van der Waals surface area contributed by atoms with Gasteiger partial charge in [-0.15, -0.1) is 0 Å². The van der Waals surface area contributed by atoms with E-state index in [1.54, 1.807) is 17.0 Å². The van der Waals surface area contributed by atoms with Gasteiger partial charge in [-0.25, -0.2) is 13.2 Å². The zero-order chi connectivity index (χ0) is 26.3. The van der Waals surface area contributed by atoms with Gasteiger partial charge in [0.05, 0.1) is 20.9 Å². The number of sulfone groups is 1. The van der Waals surface area contributed by atoms with Crippen molar-refractivity contribution in [1.29, 1.82) is 0 Å². The molecule has 1 amide bonds. The van der Waals surface area contributed by atoms with E-state index in [0.29, 0.717) is 42.9 Å². The average Bonchev–Trinajstić information content (AvgIpc) is 2.82. The molecule has 1 saturated heterocycles. The summed E-state index contributed by atoms with van der Waals surface area (Å²) in [4.78, 5) is 17.8. The fourth-order valence-electron chi connectivity index (χ4n) is 4.32. The number of hydrogen-bond donors (Lipinski definition) is 0. The molecule has 1 fully saturated rings. The number of alkyl halides is 3. The maximum Gasteiger partial charge on any atom is 0.416 e. The van der Waals surface area contributed by atoms with Crippen molar-refractivity contribution in [2.24, 2.45) is 0 Å². The predicted octanol–water partition coefficient (Wildman–Crippen LogP) is 6.20. The first kappa shape index (κ1) is 25.9. The predicted molar refractivity (Wildman–Crippen MR) is 128 cm³/mol. The molecule has 0 bridgehead atoms. The molecule has 2 aromatic carbocycles. The van der Waals surface area contributed by atoms with E-state index in [2.05, 4.69) is 4.98 Å². The Kier molecular flexibility index (Phi) is 6.76. The first-order valence-electron chi connectivity index (χ1n) is 11.5. The fraction of sp³-hybridized carbons (Fsp3) is 0.385. The Morgan fingerprint density at radius 3 is 2.31 bits per heavy atom. The van der Waals surface area contributed by atoms with Gasteiger partial charge in [-0.1, -0.05) is 24.3 Å². The van der Waals surface area contributed by atoms with Crippen LogP contribution in [0.25, 0.3) is 10.9 Å². The minimum Gasteiger partial charge on any atom is -0.444 e. The van der Waals surface area contributed by atoms with Crippen LogP contribution < -0.4 is 0 Å².